The third-order valence-electron chi connectivity index (χ3n) is 2.92. The number of hydrogen-bond donors (Lipinski definition) is 2. The van der Waals surface area contributed by atoms with Crippen molar-refractivity contribution in [2.24, 2.45) is 11.7 Å². The van der Waals surface area contributed by atoms with Crippen molar-refractivity contribution in [1.29, 1.82) is 0 Å². The fourth-order valence-electron chi connectivity index (χ4n) is 1.89. The largest absolute Gasteiger partial charge is 0.447 e. The van der Waals surface area contributed by atoms with Crippen molar-refractivity contribution >= 4 is 23.6 Å². The van der Waals surface area contributed by atoms with Gasteiger partial charge in [-0.15, -0.1) is 0 Å². The average Bonchev–Trinajstić information content (AvgIpc) is 2.87. The quantitative estimate of drug-likeness (QED) is 0.807. The van der Waals surface area contributed by atoms with Crippen LogP contribution in [0.15, 0.2) is 30.6 Å². The first-order valence-electron chi connectivity index (χ1n) is 6.63. The number of esters is 1. The summed E-state index contributed by atoms with van der Waals surface area (Å²) in [4.78, 5) is 38.8. The topological polar surface area (TPSA) is 116 Å². The van der Waals surface area contributed by atoms with Crippen molar-refractivity contribution in [2.75, 3.05) is 0 Å². The van der Waals surface area contributed by atoms with Gasteiger partial charge in [0.15, 0.2) is 11.8 Å². The maximum atomic E-state index is 12.1. The van der Waals surface area contributed by atoms with Crippen LogP contribution in [-0.2, 0) is 9.53 Å². The fourth-order valence-corrected chi connectivity index (χ4v) is 1.89. The molecule has 8 heteroatoms. The van der Waals surface area contributed by atoms with Gasteiger partial charge in [-0.2, -0.15) is 0 Å². The Morgan fingerprint density at radius 1 is 1.32 bits per heavy atom. The van der Waals surface area contributed by atoms with Crippen LogP contribution >= 0.6 is 0 Å². The molecule has 0 unspecified atom stereocenters. The van der Waals surface area contributed by atoms with Crippen LogP contribution in [0, 0.1) is 5.92 Å². The van der Waals surface area contributed by atoms with E-state index < -0.39 is 24.0 Å². The Morgan fingerprint density at radius 3 is 2.64 bits per heavy atom. The molecule has 0 saturated heterocycles. The van der Waals surface area contributed by atoms with Crippen LogP contribution in [0.2, 0.25) is 0 Å². The van der Waals surface area contributed by atoms with E-state index in [0.717, 1.165) is 0 Å². The van der Waals surface area contributed by atoms with E-state index in [9.17, 15) is 14.4 Å². The molecule has 0 saturated carbocycles. The number of fused-ring (bicyclic) bond motifs is 1. The molecule has 0 aliphatic carbocycles. The van der Waals surface area contributed by atoms with E-state index in [2.05, 4.69) is 4.98 Å². The maximum absolute atomic E-state index is 12.1. The molecule has 0 fully saturated rings. The van der Waals surface area contributed by atoms with E-state index in [0.29, 0.717) is 5.65 Å². The molecule has 8 nitrogen and oxygen atoms in total. The molecule has 0 aromatic carbocycles. The van der Waals surface area contributed by atoms with Crippen LogP contribution in [0.25, 0.3) is 5.65 Å². The van der Waals surface area contributed by atoms with Crippen LogP contribution in [0.3, 0.4) is 0 Å². The van der Waals surface area contributed by atoms with E-state index in [4.69, 9.17) is 10.5 Å². The Morgan fingerprint density at radius 2 is 2.05 bits per heavy atom. The fraction of sp³-hybridized carbons (Fsp3) is 0.286. The Kier molecular flexibility index (Phi) is 4.40. The molecule has 116 valence electrons. The van der Waals surface area contributed by atoms with Gasteiger partial charge in [0.05, 0.1) is 0 Å². The van der Waals surface area contributed by atoms with Crippen LogP contribution in [-0.4, -0.2) is 33.4 Å². The minimum absolute atomic E-state index is 0.0729. The van der Waals surface area contributed by atoms with Gasteiger partial charge in [-0.05, 0) is 18.1 Å². The van der Waals surface area contributed by atoms with E-state index in [1.165, 1.54) is 6.20 Å². The van der Waals surface area contributed by atoms with Crippen LogP contribution < -0.4 is 11.1 Å². The van der Waals surface area contributed by atoms with Gasteiger partial charge in [-0.1, -0.05) is 19.9 Å². The number of ether oxygens (including phenoxy) is 1. The summed E-state index contributed by atoms with van der Waals surface area (Å²) in [6.07, 6.45) is 2.10. The predicted molar refractivity (Wildman–Crippen MR) is 77.0 cm³/mol. The zero-order valence-corrected chi connectivity index (χ0v) is 12.1. The summed E-state index contributed by atoms with van der Waals surface area (Å²) in [5.41, 5.74) is 5.55. The molecule has 2 heterocycles. The van der Waals surface area contributed by atoms with E-state index in [-0.39, 0.29) is 11.6 Å². The van der Waals surface area contributed by atoms with Gasteiger partial charge in [0.2, 0.25) is 0 Å². The Labute approximate surface area is 126 Å². The number of imidazole rings is 1. The smallest absolute Gasteiger partial charge is 0.359 e. The number of pyridine rings is 1. The SMILES string of the molecule is CC(C)[C@@H](OC(=O)c1cn2ccccc2n1)C(=O)NC(N)=O. The van der Waals surface area contributed by atoms with Gasteiger partial charge < -0.3 is 14.9 Å². The lowest BCUT2D eigenvalue weighted by Gasteiger charge is -2.19. The third kappa shape index (κ3) is 3.40. The molecule has 0 aliphatic heterocycles. The molecule has 0 radical (unpaired) electrons. The van der Waals surface area contributed by atoms with Gasteiger partial charge >= 0.3 is 12.0 Å². The monoisotopic (exact) mass is 304 g/mol. The summed E-state index contributed by atoms with van der Waals surface area (Å²) >= 11 is 0. The first-order valence-corrected chi connectivity index (χ1v) is 6.63. The summed E-state index contributed by atoms with van der Waals surface area (Å²) in [7, 11) is 0. The van der Waals surface area contributed by atoms with Gasteiger partial charge in [0.25, 0.3) is 5.91 Å². The van der Waals surface area contributed by atoms with Gasteiger partial charge in [-0.3, -0.25) is 10.1 Å². The number of amides is 3. The minimum Gasteiger partial charge on any atom is -0.447 e. The molecule has 0 aliphatic rings. The van der Waals surface area contributed by atoms with Gasteiger partial charge in [0, 0.05) is 12.4 Å². The highest BCUT2D eigenvalue weighted by atomic mass is 16.5. The molecule has 0 bridgehead atoms. The highest BCUT2D eigenvalue weighted by molar-refractivity contribution is 5.98. The van der Waals surface area contributed by atoms with Crippen molar-refractivity contribution in [3.05, 3.63) is 36.3 Å². The third-order valence-corrected chi connectivity index (χ3v) is 2.92. The first kappa shape index (κ1) is 15.5. The number of carbonyl (C=O) groups is 3. The number of primary amides is 1. The molecule has 3 amide bonds. The number of aromatic nitrogens is 2. The first-order chi connectivity index (χ1) is 10.4. The van der Waals surface area contributed by atoms with E-state index in [1.54, 1.807) is 42.6 Å². The minimum atomic E-state index is -1.13. The summed E-state index contributed by atoms with van der Waals surface area (Å²) in [5.74, 6) is -1.85. The van der Waals surface area contributed by atoms with Crippen LogP contribution in [0.1, 0.15) is 24.3 Å². The van der Waals surface area contributed by atoms with Crippen molar-refractivity contribution in [3.8, 4) is 0 Å². The van der Waals surface area contributed by atoms with E-state index in [1.807, 2.05) is 5.32 Å². The number of carbonyl (C=O) groups excluding carboxylic acids is 3. The molecule has 3 N–H and O–H groups in total. The lowest BCUT2D eigenvalue weighted by Crippen LogP contribution is -2.45. The summed E-state index contributed by atoms with van der Waals surface area (Å²) < 4.78 is 6.81. The molecule has 2 rings (SSSR count). The van der Waals surface area contributed by atoms with E-state index >= 15 is 0 Å². The summed E-state index contributed by atoms with van der Waals surface area (Å²) in [6.45, 7) is 3.37. The predicted octanol–water partition coefficient (Wildman–Crippen LogP) is 0.711. The summed E-state index contributed by atoms with van der Waals surface area (Å²) in [6, 6.07) is 4.31. The second-order valence-corrected chi connectivity index (χ2v) is 5.02. The van der Waals surface area contributed by atoms with Crippen molar-refractivity contribution in [1.82, 2.24) is 14.7 Å². The standard InChI is InChI=1S/C14H16N4O4/c1-8(2)11(12(19)17-14(15)21)22-13(20)9-7-18-6-4-3-5-10(18)16-9/h3-8,11H,1-2H3,(H3,15,17,19,21)/t11-/m1/s1. The molecule has 1 atom stereocenters. The molecule has 2 aromatic rings. The normalized spacial score (nSPS) is 12.1. The second kappa shape index (κ2) is 6.25. The molecule has 0 spiro atoms. The lowest BCUT2D eigenvalue weighted by atomic mass is 10.1. The lowest BCUT2D eigenvalue weighted by molar-refractivity contribution is -0.130. The van der Waals surface area contributed by atoms with Crippen molar-refractivity contribution in [2.45, 2.75) is 20.0 Å². The number of nitrogens with two attached hydrogens (primary N) is 1. The second-order valence-electron chi connectivity index (χ2n) is 5.02. The number of hydrogen-bond acceptors (Lipinski definition) is 5. The Hall–Kier alpha value is -2.90. The Balaban J connectivity index is 2.17. The zero-order chi connectivity index (χ0) is 16.3. The molecule has 22 heavy (non-hydrogen) atoms. The highest BCUT2D eigenvalue weighted by Crippen LogP contribution is 2.12. The van der Waals surface area contributed by atoms with Crippen molar-refractivity contribution in [3.63, 3.8) is 0 Å². The van der Waals surface area contributed by atoms with Crippen LogP contribution in [0.5, 0.6) is 0 Å². The van der Waals surface area contributed by atoms with Gasteiger partial charge in [0.1, 0.15) is 5.65 Å². The zero-order valence-electron chi connectivity index (χ0n) is 12.1. The molecule has 2 aromatic heterocycles. The number of nitrogens with one attached hydrogen (secondary N) is 1. The van der Waals surface area contributed by atoms with Crippen LogP contribution in [0.4, 0.5) is 4.79 Å². The highest BCUT2D eigenvalue weighted by Gasteiger charge is 2.28. The molecular weight excluding hydrogens is 288 g/mol. The maximum Gasteiger partial charge on any atom is 0.359 e. The molecular formula is C14H16N4O4. The van der Waals surface area contributed by atoms with Gasteiger partial charge in [-0.25, -0.2) is 14.6 Å². The summed E-state index contributed by atoms with van der Waals surface area (Å²) in [5, 5.41) is 1.90. The number of urea groups is 1. The number of imide groups is 1. The Bertz CT molecular complexity index is 689. The number of rotatable bonds is 4. The number of nitrogens with zero attached hydrogens (tertiary/aromatic N) is 2. The average molecular weight is 304 g/mol. The van der Waals surface area contributed by atoms with Crippen molar-refractivity contribution < 1.29 is 19.1 Å².